The van der Waals surface area contributed by atoms with Gasteiger partial charge in [-0.05, 0) is 19.8 Å². The van der Waals surface area contributed by atoms with E-state index >= 15 is 0 Å². The van der Waals surface area contributed by atoms with Crippen molar-refractivity contribution in [1.82, 2.24) is 5.32 Å². The van der Waals surface area contributed by atoms with Crippen molar-refractivity contribution >= 4 is 11.7 Å². The van der Waals surface area contributed by atoms with E-state index in [0.29, 0.717) is 6.42 Å². The Morgan fingerprint density at radius 3 is 2.31 bits per heavy atom. The monoisotopic (exact) mass is 229 g/mol. The topological polar surface area (TPSA) is 55.4 Å². The molecular formula is C12H23NO3. The third-order valence-corrected chi connectivity index (χ3v) is 2.30. The van der Waals surface area contributed by atoms with Gasteiger partial charge in [0.15, 0.2) is 0 Å². The molecule has 0 aromatic rings. The highest BCUT2D eigenvalue weighted by Crippen LogP contribution is 2.05. The van der Waals surface area contributed by atoms with E-state index < -0.39 is 0 Å². The van der Waals surface area contributed by atoms with Crippen LogP contribution in [0.15, 0.2) is 0 Å². The van der Waals surface area contributed by atoms with Gasteiger partial charge in [-0.1, -0.05) is 19.3 Å². The lowest BCUT2D eigenvalue weighted by atomic mass is 10.1. The summed E-state index contributed by atoms with van der Waals surface area (Å²) < 4.78 is 4.69. The summed E-state index contributed by atoms with van der Waals surface area (Å²) in [7, 11) is 1.51. The molecule has 0 atom stereocenters. The molecular weight excluding hydrogens is 206 g/mol. The number of Topliss-reactive ketones (excluding diaryl/α,β-unsaturated/α-hetero) is 1. The predicted octanol–water partition coefficient (Wildman–Crippen LogP) is 1.68. The number of hydrogen-bond donors (Lipinski definition) is 1. The first-order valence-electron chi connectivity index (χ1n) is 5.92. The van der Waals surface area contributed by atoms with Gasteiger partial charge < -0.3 is 14.8 Å². The van der Waals surface area contributed by atoms with Gasteiger partial charge in [-0.3, -0.25) is 4.79 Å². The zero-order valence-corrected chi connectivity index (χ0v) is 10.4. The van der Waals surface area contributed by atoms with Crippen LogP contribution < -0.4 is 5.32 Å². The lowest BCUT2D eigenvalue weighted by Crippen LogP contribution is -2.27. The van der Waals surface area contributed by atoms with Crippen LogP contribution >= 0.6 is 0 Å². The summed E-state index contributed by atoms with van der Waals surface area (Å²) in [5.41, 5.74) is 0. The van der Waals surface area contributed by atoms with Gasteiger partial charge in [-0.15, -0.1) is 0 Å². The lowest BCUT2D eigenvalue weighted by Gasteiger charge is -2.04. The van der Waals surface area contributed by atoms with Crippen LogP contribution in [0.1, 0.15) is 45.4 Å². The Balaban J connectivity index is 3.09. The fraction of sp³-hybridized carbons (Fsp3) is 0.833. The molecule has 0 aliphatic rings. The van der Waals surface area contributed by atoms with Crippen LogP contribution in [-0.2, 0) is 14.3 Å². The summed E-state index contributed by atoms with van der Waals surface area (Å²) >= 11 is 0. The average molecular weight is 229 g/mol. The highest BCUT2D eigenvalue weighted by atomic mass is 16.5. The van der Waals surface area contributed by atoms with Crippen LogP contribution in [0.5, 0.6) is 0 Å². The van der Waals surface area contributed by atoms with Crippen LogP contribution in [0.3, 0.4) is 0 Å². The number of amides is 1. The van der Waals surface area contributed by atoms with Crippen molar-refractivity contribution in [3.8, 4) is 0 Å². The van der Waals surface area contributed by atoms with E-state index in [0.717, 1.165) is 38.6 Å². The molecule has 0 spiro atoms. The Kier molecular flexibility index (Phi) is 10.0. The third kappa shape index (κ3) is 11.2. The van der Waals surface area contributed by atoms with Gasteiger partial charge in [-0.25, -0.2) is 0 Å². The average Bonchev–Trinajstić information content (AvgIpc) is 2.22. The van der Waals surface area contributed by atoms with Gasteiger partial charge in [0.1, 0.15) is 12.4 Å². The quantitative estimate of drug-likeness (QED) is 0.580. The number of unbranched alkanes of at least 4 members (excludes halogenated alkanes) is 4. The molecule has 1 amide bonds. The summed E-state index contributed by atoms with van der Waals surface area (Å²) in [6, 6.07) is 0. The van der Waals surface area contributed by atoms with Gasteiger partial charge in [-0.2, -0.15) is 0 Å². The highest BCUT2D eigenvalue weighted by Gasteiger charge is 1.98. The van der Waals surface area contributed by atoms with Gasteiger partial charge in [0.25, 0.3) is 0 Å². The summed E-state index contributed by atoms with van der Waals surface area (Å²) in [6.07, 6.45) is 6.02. The first-order chi connectivity index (χ1) is 7.66. The minimum absolute atomic E-state index is 0.0564. The molecule has 4 nitrogen and oxygen atoms in total. The zero-order valence-electron chi connectivity index (χ0n) is 10.4. The second kappa shape index (κ2) is 10.6. The number of nitrogens with one attached hydrogen (secondary N) is 1. The van der Waals surface area contributed by atoms with E-state index in [9.17, 15) is 9.59 Å². The van der Waals surface area contributed by atoms with E-state index in [1.54, 1.807) is 6.92 Å². The molecule has 0 saturated heterocycles. The third-order valence-electron chi connectivity index (χ3n) is 2.30. The minimum Gasteiger partial charge on any atom is -0.375 e. The molecule has 0 unspecified atom stereocenters. The van der Waals surface area contributed by atoms with Crippen molar-refractivity contribution in [2.45, 2.75) is 45.4 Å². The van der Waals surface area contributed by atoms with E-state index in [2.05, 4.69) is 5.32 Å². The van der Waals surface area contributed by atoms with Crippen molar-refractivity contribution in [3.05, 3.63) is 0 Å². The van der Waals surface area contributed by atoms with Crippen molar-refractivity contribution in [1.29, 1.82) is 0 Å². The minimum atomic E-state index is -0.0564. The molecule has 16 heavy (non-hydrogen) atoms. The standard InChI is InChI=1S/C12H23NO3/c1-11(14)8-6-4-3-5-7-9-13-12(15)10-16-2/h3-10H2,1-2H3,(H,13,15). The van der Waals surface area contributed by atoms with Crippen molar-refractivity contribution in [3.63, 3.8) is 0 Å². The molecule has 0 aliphatic heterocycles. The van der Waals surface area contributed by atoms with Crippen molar-refractivity contribution in [2.75, 3.05) is 20.3 Å². The van der Waals surface area contributed by atoms with Crippen LogP contribution in [0, 0.1) is 0 Å². The maximum absolute atomic E-state index is 11.0. The molecule has 1 N–H and O–H groups in total. The number of ether oxygens (including phenoxy) is 1. The molecule has 0 bridgehead atoms. The molecule has 0 radical (unpaired) electrons. The molecule has 0 saturated carbocycles. The van der Waals surface area contributed by atoms with E-state index in [1.165, 1.54) is 7.11 Å². The second-order valence-corrected chi connectivity index (χ2v) is 4.00. The van der Waals surface area contributed by atoms with E-state index in [-0.39, 0.29) is 18.3 Å². The number of ketones is 1. The fourth-order valence-electron chi connectivity index (χ4n) is 1.44. The van der Waals surface area contributed by atoms with Crippen LogP contribution in [0.4, 0.5) is 0 Å². The summed E-state index contributed by atoms with van der Waals surface area (Å²) in [5.74, 6) is 0.214. The second-order valence-electron chi connectivity index (χ2n) is 4.00. The number of methoxy groups -OCH3 is 1. The van der Waals surface area contributed by atoms with Crippen LogP contribution in [0.2, 0.25) is 0 Å². The molecule has 4 heteroatoms. The van der Waals surface area contributed by atoms with Crippen LogP contribution in [0.25, 0.3) is 0 Å². The molecule has 0 rings (SSSR count). The number of hydrogen-bond acceptors (Lipinski definition) is 3. The number of carbonyl (C=O) groups excluding carboxylic acids is 2. The Morgan fingerprint density at radius 1 is 1.06 bits per heavy atom. The Hall–Kier alpha value is -0.900. The predicted molar refractivity (Wildman–Crippen MR) is 63.3 cm³/mol. The molecule has 0 fully saturated rings. The van der Waals surface area contributed by atoms with Gasteiger partial charge in [0, 0.05) is 20.1 Å². The van der Waals surface area contributed by atoms with Gasteiger partial charge >= 0.3 is 0 Å². The highest BCUT2D eigenvalue weighted by molar-refractivity contribution is 5.77. The maximum Gasteiger partial charge on any atom is 0.245 e. The molecule has 0 aliphatic carbocycles. The fourth-order valence-corrected chi connectivity index (χ4v) is 1.44. The maximum atomic E-state index is 11.0. The van der Waals surface area contributed by atoms with E-state index in [4.69, 9.17) is 4.74 Å². The summed E-state index contributed by atoms with van der Waals surface area (Å²) in [4.78, 5) is 21.6. The zero-order chi connectivity index (χ0) is 12.2. The van der Waals surface area contributed by atoms with Crippen molar-refractivity contribution < 1.29 is 14.3 Å². The van der Waals surface area contributed by atoms with Crippen molar-refractivity contribution in [2.24, 2.45) is 0 Å². The SMILES string of the molecule is COCC(=O)NCCCCCCCC(C)=O. The largest absolute Gasteiger partial charge is 0.375 e. The van der Waals surface area contributed by atoms with Crippen LogP contribution in [-0.4, -0.2) is 32.0 Å². The summed E-state index contributed by atoms with van der Waals surface area (Å²) in [5, 5.41) is 2.77. The number of rotatable bonds is 10. The first kappa shape index (κ1) is 15.1. The molecule has 94 valence electrons. The molecule has 0 aromatic carbocycles. The van der Waals surface area contributed by atoms with Gasteiger partial charge in [0.05, 0.1) is 0 Å². The summed E-state index contributed by atoms with van der Waals surface area (Å²) in [6.45, 7) is 2.48. The first-order valence-corrected chi connectivity index (χ1v) is 5.92. The number of carbonyl (C=O) groups is 2. The smallest absolute Gasteiger partial charge is 0.245 e. The van der Waals surface area contributed by atoms with Gasteiger partial charge in [0.2, 0.25) is 5.91 Å². The molecule has 0 aromatic heterocycles. The Morgan fingerprint density at radius 2 is 1.69 bits per heavy atom. The lowest BCUT2D eigenvalue weighted by molar-refractivity contribution is -0.124. The Bertz CT molecular complexity index is 204. The molecule has 0 heterocycles. The normalized spacial score (nSPS) is 10.1. The van der Waals surface area contributed by atoms with E-state index in [1.807, 2.05) is 0 Å². The Labute approximate surface area is 97.7 Å².